The van der Waals surface area contributed by atoms with E-state index in [9.17, 15) is 4.79 Å². The molecule has 0 N–H and O–H groups in total. The number of carbonyl (C=O) groups is 1. The van der Waals surface area contributed by atoms with Crippen molar-refractivity contribution in [3.8, 4) is 0 Å². The molecule has 0 aromatic heterocycles. The lowest BCUT2D eigenvalue weighted by Gasteiger charge is -1.82. The van der Waals surface area contributed by atoms with Crippen molar-refractivity contribution in [2.75, 3.05) is 0 Å². The highest BCUT2D eigenvalue weighted by Gasteiger charge is 2.03. The van der Waals surface area contributed by atoms with Crippen LogP contribution in [-0.4, -0.2) is 6.03 Å². The van der Waals surface area contributed by atoms with E-state index in [0.717, 1.165) is 4.47 Å². The van der Waals surface area contributed by atoms with Gasteiger partial charge in [-0.2, -0.15) is 9.98 Å². The minimum Gasteiger partial charge on any atom is -0.244 e. The predicted octanol–water partition coefficient (Wildman–Crippen LogP) is 0.622. The fourth-order valence-electron chi connectivity index (χ4n) is 0.857. The molecule has 3 nitrogen and oxygen atoms in total. The Morgan fingerprint density at radius 1 is 1.36 bits per heavy atom. The number of benzene rings is 1. The molecular formula is C7H2BrN2O. The van der Waals surface area contributed by atoms with E-state index in [1.807, 2.05) is 0 Å². The van der Waals surface area contributed by atoms with E-state index in [2.05, 4.69) is 32.0 Å². The van der Waals surface area contributed by atoms with Gasteiger partial charge in [0.2, 0.25) is 0 Å². The number of amides is 2. The highest BCUT2D eigenvalue weighted by atomic mass is 79.9. The van der Waals surface area contributed by atoms with Crippen LogP contribution >= 0.6 is 15.9 Å². The summed E-state index contributed by atoms with van der Waals surface area (Å²) in [5.74, 6) is 0. The smallest absolute Gasteiger partial charge is 0.244 e. The third-order valence-corrected chi connectivity index (χ3v) is 1.76. The number of hydrogen-bond acceptors (Lipinski definition) is 1. The van der Waals surface area contributed by atoms with Crippen molar-refractivity contribution in [2.45, 2.75) is 0 Å². The van der Waals surface area contributed by atoms with Crippen molar-refractivity contribution < 1.29 is 4.79 Å². The van der Waals surface area contributed by atoms with E-state index in [-0.39, 0.29) is 0 Å². The highest BCUT2D eigenvalue weighted by molar-refractivity contribution is 9.10. The molecule has 1 aromatic carbocycles. The number of fused-ring (bicyclic) bond motifs is 1. The second-order valence-electron chi connectivity index (χ2n) is 2.06. The molecule has 0 aliphatic carbocycles. The minimum absolute atomic E-state index is 0.438. The number of carbonyl (C=O) groups excluding carboxylic acids is 1. The quantitative estimate of drug-likeness (QED) is 0.618. The van der Waals surface area contributed by atoms with E-state index >= 15 is 0 Å². The van der Waals surface area contributed by atoms with Crippen LogP contribution < -0.4 is 10.7 Å². The van der Waals surface area contributed by atoms with Crippen LogP contribution in [0.15, 0.2) is 26.6 Å². The summed E-state index contributed by atoms with van der Waals surface area (Å²) in [7, 11) is 0. The molecule has 2 amide bonds. The molecule has 53 valence electrons. The molecule has 0 spiro atoms. The fourth-order valence-corrected chi connectivity index (χ4v) is 1.19. The van der Waals surface area contributed by atoms with E-state index in [0.29, 0.717) is 10.7 Å². The molecule has 1 radical (unpaired) electrons. The van der Waals surface area contributed by atoms with Gasteiger partial charge in [0.25, 0.3) is 0 Å². The molecule has 1 aliphatic heterocycles. The van der Waals surface area contributed by atoms with Crippen LogP contribution in [0.3, 0.4) is 0 Å². The number of hydrogen-bond donors (Lipinski definition) is 0. The fraction of sp³-hybridized carbons (Fsp3) is 0. The third kappa shape index (κ3) is 1.09. The predicted molar refractivity (Wildman–Crippen MR) is 40.7 cm³/mol. The molecule has 1 aromatic rings. The highest BCUT2D eigenvalue weighted by Crippen LogP contribution is 2.01. The maximum Gasteiger partial charge on any atom is 0.368 e. The maximum absolute atomic E-state index is 10.6. The molecule has 1 heterocycles. The van der Waals surface area contributed by atoms with Gasteiger partial charge in [-0.3, -0.25) is 0 Å². The summed E-state index contributed by atoms with van der Waals surface area (Å²) in [6.45, 7) is 0. The van der Waals surface area contributed by atoms with Crippen molar-refractivity contribution in [1.82, 2.24) is 0 Å². The Morgan fingerprint density at radius 2 is 2.09 bits per heavy atom. The van der Waals surface area contributed by atoms with Crippen LogP contribution in [0, 0.1) is 6.07 Å². The Labute approximate surface area is 70.6 Å². The van der Waals surface area contributed by atoms with E-state index in [4.69, 9.17) is 0 Å². The third-order valence-electron chi connectivity index (χ3n) is 1.30. The molecule has 0 bridgehead atoms. The van der Waals surface area contributed by atoms with Gasteiger partial charge >= 0.3 is 6.03 Å². The van der Waals surface area contributed by atoms with Gasteiger partial charge in [0.1, 0.15) is 0 Å². The molecule has 1 aliphatic rings. The number of urea groups is 1. The lowest BCUT2D eigenvalue weighted by Crippen LogP contribution is -2.20. The van der Waals surface area contributed by atoms with Gasteiger partial charge < -0.3 is 0 Å². The molecule has 11 heavy (non-hydrogen) atoms. The second-order valence-corrected chi connectivity index (χ2v) is 2.91. The molecular weight excluding hydrogens is 208 g/mol. The van der Waals surface area contributed by atoms with Crippen LogP contribution in [0.4, 0.5) is 4.79 Å². The van der Waals surface area contributed by atoms with Crippen LogP contribution in [0.2, 0.25) is 0 Å². The Kier molecular flexibility index (Phi) is 1.35. The molecule has 0 atom stereocenters. The number of rotatable bonds is 0. The minimum atomic E-state index is -0.438. The van der Waals surface area contributed by atoms with Crippen molar-refractivity contribution in [3.05, 3.63) is 33.4 Å². The van der Waals surface area contributed by atoms with Crippen LogP contribution in [-0.2, 0) is 0 Å². The van der Waals surface area contributed by atoms with Gasteiger partial charge in [-0.25, -0.2) is 4.79 Å². The topological polar surface area (TPSA) is 41.8 Å². The van der Waals surface area contributed by atoms with E-state index in [1.54, 1.807) is 12.1 Å². The van der Waals surface area contributed by atoms with Gasteiger partial charge in [-0.05, 0) is 18.2 Å². The monoisotopic (exact) mass is 209 g/mol. The Balaban J connectivity index is 2.89. The van der Waals surface area contributed by atoms with Gasteiger partial charge in [-0.1, -0.05) is 15.9 Å². The SMILES string of the molecule is O=C1N=c2c[c]c(Br)cc2=N1. The average Bonchev–Trinajstić information content (AvgIpc) is 2.27. The second kappa shape index (κ2) is 2.23. The lowest BCUT2D eigenvalue weighted by atomic mass is 10.3. The maximum atomic E-state index is 10.6. The summed E-state index contributed by atoms with van der Waals surface area (Å²) in [6.07, 6.45) is 0. The number of halogens is 1. The molecule has 0 fully saturated rings. The summed E-state index contributed by atoms with van der Waals surface area (Å²) in [6, 6.07) is 5.77. The molecule has 4 heteroatoms. The zero-order chi connectivity index (χ0) is 7.84. The van der Waals surface area contributed by atoms with Gasteiger partial charge in [0, 0.05) is 4.47 Å². The van der Waals surface area contributed by atoms with Crippen LogP contribution in [0.25, 0.3) is 0 Å². The number of nitrogens with zero attached hydrogens (tertiary/aromatic N) is 2. The zero-order valence-electron chi connectivity index (χ0n) is 5.34. The van der Waals surface area contributed by atoms with Gasteiger partial charge in [0.05, 0.1) is 10.7 Å². The van der Waals surface area contributed by atoms with E-state index < -0.39 is 6.03 Å². The summed E-state index contributed by atoms with van der Waals surface area (Å²) < 4.78 is 0.782. The first-order valence-corrected chi connectivity index (χ1v) is 3.74. The normalized spacial score (nSPS) is 13.7. The molecule has 0 unspecified atom stereocenters. The van der Waals surface area contributed by atoms with Gasteiger partial charge in [0.15, 0.2) is 0 Å². The first-order valence-electron chi connectivity index (χ1n) is 2.94. The summed E-state index contributed by atoms with van der Waals surface area (Å²) in [5.41, 5.74) is 0. The van der Waals surface area contributed by atoms with Crippen molar-refractivity contribution >= 4 is 22.0 Å². The Bertz CT molecular complexity index is 438. The van der Waals surface area contributed by atoms with Crippen LogP contribution in [0.1, 0.15) is 0 Å². The van der Waals surface area contributed by atoms with Crippen LogP contribution in [0.5, 0.6) is 0 Å². The standard InChI is InChI=1S/C7H2BrN2O/c8-4-1-2-5-6(3-4)10-7(11)9-5/h2-3H. The summed E-state index contributed by atoms with van der Waals surface area (Å²) in [5, 5.41) is 1.21. The van der Waals surface area contributed by atoms with E-state index in [1.165, 1.54) is 0 Å². The largest absolute Gasteiger partial charge is 0.368 e. The van der Waals surface area contributed by atoms with Crippen molar-refractivity contribution in [1.29, 1.82) is 0 Å². The Hall–Kier alpha value is -1.03. The lowest BCUT2D eigenvalue weighted by molar-refractivity contribution is 0.256. The van der Waals surface area contributed by atoms with Crippen molar-refractivity contribution in [3.63, 3.8) is 0 Å². The zero-order valence-corrected chi connectivity index (χ0v) is 6.92. The Morgan fingerprint density at radius 3 is 2.91 bits per heavy atom. The molecule has 0 saturated carbocycles. The van der Waals surface area contributed by atoms with Crippen molar-refractivity contribution in [2.24, 2.45) is 9.98 Å². The van der Waals surface area contributed by atoms with Gasteiger partial charge in [-0.15, -0.1) is 0 Å². The molecule has 2 rings (SSSR count). The molecule has 0 saturated heterocycles. The summed E-state index contributed by atoms with van der Waals surface area (Å²) in [4.78, 5) is 17.9. The average molecular weight is 210 g/mol. The first-order chi connectivity index (χ1) is 5.25. The first kappa shape index (κ1) is 6.67. The summed E-state index contributed by atoms with van der Waals surface area (Å²) >= 11 is 3.22.